The molecule has 0 spiro atoms. The van der Waals surface area contributed by atoms with Crippen LogP contribution in [0.2, 0.25) is 0 Å². The van der Waals surface area contributed by atoms with Crippen LogP contribution >= 0.6 is 23.1 Å². The number of benzene rings is 1. The van der Waals surface area contributed by atoms with Crippen LogP contribution in [0.15, 0.2) is 39.5 Å². The molecule has 0 saturated heterocycles. The van der Waals surface area contributed by atoms with Crippen LogP contribution in [-0.2, 0) is 10.5 Å². The number of nitrogens with one attached hydrogen (secondary N) is 1. The summed E-state index contributed by atoms with van der Waals surface area (Å²) >= 11 is 3.04. The molecule has 2 heterocycles. The lowest BCUT2D eigenvalue weighted by atomic mass is 10.2. The fourth-order valence-electron chi connectivity index (χ4n) is 2.30. The van der Waals surface area contributed by atoms with Crippen molar-refractivity contribution < 1.29 is 9.53 Å². The highest BCUT2D eigenvalue weighted by Crippen LogP contribution is 2.32. The Balaban J connectivity index is 1.94. The highest BCUT2D eigenvalue weighted by molar-refractivity contribution is 7.98. The van der Waals surface area contributed by atoms with Crippen molar-refractivity contribution in [3.63, 3.8) is 0 Å². The molecule has 0 aliphatic carbocycles. The first-order valence-electron chi connectivity index (χ1n) is 6.87. The molecule has 7 heteroatoms. The fourth-order valence-corrected chi connectivity index (χ4v) is 4.42. The van der Waals surface area contributed by atoms with Crippen LogP contribution in [0.25, 0.3) is 10.1 Å². The molecule has 0 bridgehead atoms. The molecule has 0 fully saturated rings. The van der Waals surface area contributed by atoms with E-state index in [1.165, 1.54) is 29.0 Å². The van der Waals surface area contributed by atoms with E-state index in [9.17, 15) is 9.59 Å². The second kappa shape index (κ2) is 6.55. The molecule has 2 aromatic heterocycles. The minimum absolute atomic E-state index is 0.316. The van der Waals surface area contributed by atoms with Crippen LogP contribution in [0.1, 0.15) is 21.6 Å². The second-order valence-corrected chi connectivity index (χ2v) is 6.76. The smallest absolute Gasteiger partial charge is 0.346 e. The molecular formula is C16H14N2O3S2. The van der Waals surface area contributed by atoms with Gasteiger partial charge in [0.15, 0.2) is 0 Å². The minimum Gasteiger partial charge on any atom is -0.465 e. The summed E-state index contributed by atoms with van der Waals surface area (Å²) in [5.41, 5.74) is 1.48. The third kappa shape index (κ3) is 3.16. The van der Waals surface area contributed by atoms with Crippen molar-refractivity contribution in [3.05, 3.63) is 57.0 Å². The first-order chi connectivity index (χ1) is 11.1. The Bertz CT molecular complexity index is 930. The van der Waals surface area contributed by atoms with Gasteiger partial charge in [0.25, 0.3) is 0 Å². The van der Waals surface area contributed by atoms with Gasteiger partial charge >= 0.3 is 11.7 Å². The number of esters is 1. The number of H-pyrrole nitrogens is 1. The molecule has 1 N–H and O–H groups in total. The molecule has 0 amide bonds. The maximum atomic E-state index is 11.9. The van der Waals surface area contributed by atoms with Gasteiger partial charge in [0, 0.05) is 16.1 Å². The Hall–Kier alpha value is -2.12. The van der Waals surface area contributed by atoms with E-state index in [1.807, 2.05) is 12.1 Å². The number of aromatic amines is 1. The van der Waals surface area contributed by atoms with Crippen molar-refractivity contribution in [2.75, 3.05) is 7.11 Å². The van der Waals surface area contributed by atoms with Crippen LogP contribution in [0.4, 0.5) is 0 Å². The molecule has 23 heavy (non-hydrogen) atoms. The van der Waals surface area contributed by atoms with Gasteiger partial charge in [-0.25, -0.2) is 9.59 Å². The summed E-state index contributed by atoms with van der Waals surface area (Å²) in [6, 6.07) is 8.15. The Labute approximate surface area is 140 Å². The molecule has 5 nitrogen and oxygen atoms in total. The average Bonchev–Trinajstić information content (AvgIpc) is 2.95. The number of aryl methyl sites for hydroxylation is 1. The number of carbonyl (C=O) groups excluding carboxylic acids is 1. The molecule has 3 rings (SSSR count). The molecule has 0 aliphatic heterocycles. The Morgan fingerprint density at radius 1 is 1.39 bits per heavy atom. The van der Waals surface area contributed by atoms with E-state index in [0.29, 0.717) is 22.0 Å². The molecular weight excluding hydrogens is 332 g/mol. The van der Waals surface area contributed by atoms with E-state index in [-0.39, 0.29) is 0 Å². The van der Waals surface area contributed by atoms with Gasteiger partial charge in [-0.1, -0.05) is 18.2 Å². The van der Waals surface area contributed by atoms with Gasteiger partial charge in [-0.3, -0.25) is 0 Å². The number of thiophene rings is 1. The van der Waals surface area contributed by atoms with E-state index in [2.05, 4.69) is 27.5 Å². The van der Waals surface area contributed by atoms with Crippen LogP contribution in [-0.4, -0.2) is 23.0 Å². The van der Waals surface area contributed by atoms with E-state index in [4.69, 9.17) is 4.74 Å². The summed E-state index contributed by atoms with van der Waals surface area (Å²) in [6.45, 7) is 1.67. The zero-order valence-electron chi connectivity index (χ0n) is 12.6. The fraction of sp³-hybridized carbons (Fsp3) is 0.188. The lowest BCUT2D eigenvalue weighted by molar-refractivity contribution is 0.0594. The van der Waals surface area contributed by atoms with Crippen LogP contribution in [0.5, 0.6) is 0 Å². The number of fused-ring (bicyclic) bond motifs is 1. The van der Waals surface area contributed by atoms with E-state index in [1.54, 1.807) is 18.3 Å². The zero-order valence-corrected chi connectivity index (χ0v) is 14.2. The number of rotatable bonds is 4. The summed E-state index contributed by atoms with van der Waals surface area (Å²) in [4.78, 5) is 30.0. The molecule has 1 aromatic carbocycles. The lowest BCUT2D eigenvalue weighted by Gasteiger charge is -2.08. The minimum atomic E-state index is -0.496. The van der Waals surface area contributed by atoms with Crippen molar-refractivity contribution in [2.24, 2.45) is 0 Å². The summed E-state index contributed by atoms with van der Waals surface area (Å²) in [5.74, 6) is 0.133. The predicted octanol–water partition coefficient (Wildman–Crippen LogP) is 3.37. The van der Waals surface area contributed by atoms with Crippen molar-refractivity contribution in [1.82, 2.24) is 9.97 Å². The number of nitrogens with zero attached hydrogens (tertiary/aromatic N) is 1. The largest absolute Gasteiger partial charge is 0.465 e. The number of hydrogen-bond donors (Lipinski definition) is 1. The Kier molecular flexibility index (Phi) is 4.49. The maximum Gasteiger partial charge on any atom is 0.346 e. The molecule has 0 atom stereocenters. The van der Waals surface area contributed by atoms with E-state index >= 15 is 0 Å². The number of carbonyl (C=O) groups is 1. The highest BCUT2D eigenvalue weighted by Gasteiger charge is 2.19. The molecule has 118 valence electrons. The normalized spacial score (nSPS) is 10.9. The Morgan fingerprint density at radius 3 is 2.96 bits per heavy atom. The molecule has 0 saturated carbocycles. The summed E-state index contributed by atoms with van der Waals surface area (Å²) < 4.78 is 6.01. The predicted molar refractivity (Wildman–Crippen MR) is 92.3 cm³/mol. The molecule has 0 aliphatic rings. The van der Waals surface area contributed by atoms with Crippen LogP contribution in [0.3, 0.4) is 0 Å². The summed E-state index contributed by atoms with van der Waals surface area (Å²) in [5, 5.41) is 3.68. The van der Waals surface area contributed by atoms with Gasteiger partial charge in [-0.05, 0) is 29.3 Å². The van der Waals surface area contributed by atoms with Crippen molar-refractivity contribution in [2.45, 2.75) is 17.7 Å². The zero-order chi connectivity index (χ0) is 16.4. The Morgan fingerprint density at radius 2 is 2.17 bits per heavy atom. The van der Waals surface area contributed by atoms with Gasteiger partial charge in [0.2, 0.25) is 0 Å². The van der Waals surface area contributed by atoms with E-state index < -0.39 is 11.7 Å². The quantitative estimate of drug-likeness (QED) is 0.445. The number of hydrogen-bond acceptors (Lipinski definition) is 6. The monoisotopic (exact) mass is 346 g/mol. The molecule has 3 aromatic rings. The molecule has 0 radical (unpaired) electrons. The van der Waals surface area contributed by atoms with Gasteiger partial charge < -0.3 is 9.72 Å². The van der Waals surface area contributed by atoms with Crippen molar-refractivity contribution >= 4 is 39.2 Å². The van der Waals surface area contributed by atoms with Crippen LogP contribution in [0, 0.1) is 6.92 Å². The first kappa shape index (κ1) is 15.8. The van der Waals surface area contributed by atoms with Crippen molar-refractivity contribution in [1.29, 1.82) is 0 Å². The highest BCUT2D eigenvalue weighted by atomic mass is 32.2. The third-order valence-corrected chi connectivity index (χ3v) is 5.44. The van der Waals surface area contributed by atoms with Gasteiger partial charge in [0.1, 0.15) is 10.6 Å². The lowest BCUT2D eigenvalue weighted by Crippen LogP contribution is -2.19. The number of aromatic nitrogens is 2. The maximum absolute atomic E-state index is 11.9. The topological polar surface area (TPSA) is 72.0 Å². The van der Waals surface area contributed by atoms with E-state index in [0.717, 1.165) is 5.56 Å². The van der Waals surface area contributed by atoms with Crippen molar-refractivity contribution in [3.8, 4) is 0 Å². The van der Waals surface area contributed by atoms with Gasteiger partial charge in [0.05, 0.1) is 7.11 Å². The number of thioether (sulfide) groups is 1. The average molecular weight is 346 g/mol. The second-order valence-electron chi connectivity index (χ2n) is 4.88. The third-order valence-electron chi connectivity index (χ3n) is 3.40. The van der Waals surface area contributed by atoms with Gasteiger partial charge in [-0.15, -0.1) is 23.1 Å². The number of ether oxygens (including phenoxy) is 1. The van der Waals surface area contributed by atoms with Crippen LogP contribution < -0.4 is 5.69 Å². The molecule has 0 unspecified atom stereocenters. The SMILES string of the molecule is COC(=O)c1c(SCc2csc3ccccc23)nc(=O)[nH]c1C. The summed E-state index contributed by atoms with van der Waals surface area (Å²) in [7, 11) is 1.31. The summed E-state index contributed by atoms with van der Waals surface area (Å²) in [6.07, 6.45) is 0. The van der Waals surface area contributed by atoms with Gasteiger partial charge in [-0.2, -0.15) is 4.98 Å². The number of methoxy groups -OCH3 is 1. The standard InChI is InChI=1S/C16H14N2O3S2/c1-9-13(15(19)21-2)14(18-16(20)17-9)23-8-10-7-22-12-6-4-3-5-11(10)12/h3-7H,8H2,1-2H3,(H,17,18,20). The first-order valence-corrected chi connectivity index (χ1v) is 8.74.